The standard InChI is InChI=1S/C41H53ClN6O6S/c1-27-9-7-13-37(53-4)34-12-8-11-31(34)22-47-21-30-14-16-32(42)19-28(30)10-5-6-18-54-38-17-15-29(20-36(38)47)40(49)44-55(51,26-27)45-41(50)35-25-46(2)43-39(35)48-23-33(24-48)52-3/h7,13-17,19-20,25,27,31,33-34,37H,5-6,8-12,18,21-24,26H2,1-4H3,(H,44,45,49,50,51)/b13-7+/t27-,31-,34+,37-,55?/m0/s1. The summed E-state index contributed by atoms with van der Waals surface area (Å²) in [5, 5.41) is 5.23. The van der Waals surface area contributed by atoms with E-state index in [4.69, 9.17) is 25.8 Å². The highest BCUT2D eigenvalue weighted by Gasteiger charge is 2.36. The molecule has 3 aliphatic heterocycles. The van der Waals surface area contributed by atoms with Crippen LogP contribution in [0.3, 0.4) is 0 Å². The second-order valence-electron chi connectivity index (χ2n) is 15.5. The quantitative estimate of drug-likeness (QED) is 0.284. The Morgan fingerprint density at radius 3 is 2.65 bits per heavy atom. The predicted molar refractivity (Wildman–Crippen MR) is 215 cm³/mol. The lowest BCUT2D eigenvalue weighted by atomic mass is 9.89. The van der Waals surface area contributed by atoms with Crippen molar-refractivity contribution in [3.05, 3.63) is 82.0 Å². The summed E-state index contributed by atoms with van der Waals surface area (Å²) in [7, 11) is 1.54. The number of allylic oxidation sites excluding steroid dienone is 1. The van der Waals surface area contributed by atoms with E-state index in [9.17, 15) is 13.8 Å². The van der Waals surface area contributed by atoms with E-state index in [2.05, 4.69) is 43.4 Å². The van der Waals surface area contributed by atoms with Gasteiger partial charge >= 0.3 is 0 Å². The predicted octanol–water partition coefficient (Wildman–Crippen LogP) is 6.61. The number of halogens is 1. The minimum Gasteiger partial charge on any atom is -0.491 e. The van der Waals surface area contributed by atoms with Gasteiger partial charge in [0.25, 0.3) is 11.8 Å². The highest BCUT2D eigenvalue weighted by atomic mass is 35.5. The number of benzene rings is 2. The number of hydrogen-bond donors (Lipinski definition) is 1. The molecule has 1 aliphatic carbocycles. The Labute approximate surface area is 329 Å². The van der Waals surface area contributed by atoms with E-state index >= 15 is 0 Å². The molecule has 2 fully saturated rings. The molecule has 4 heterocycles. The number of hydrogen-bond acceptors (Lipinski definition) is 9. The molecule has 1 saturated heterocycles. The first-order valence-electron chi connectivity index (χ1n) is 19.4. The van der Waals surface area contributed by atoms with Crippen molar-refractivity contribution in [2.45, 2.75) is 70.6 Å². The Kier molecular flexibility index (Phi) is 12.2. The van der Waals surface area contributed by atoms with Crippen molar-refractivity contribution in [3.63, 3.8) is 0 Å². The van der Waals surface area contributed by atoms with Crippen molar-refractivity contribution < 1.29 is 28.0 Å². The topological polar surface area (TPSA) is 128 Å². The maximum absolute atomic E-state index is 14.9. The van der Waals surface area contributed by atoms with Crippen LogP contribution in [0.25, 0.3) is 0 Å². The molecular formula is C41H53ClN6O6S. The average Bonchev–Trinajstić information content (AvgIpc) is 3.75. The first-order valence-corrected chi connectivity index (χ1v) is 21.5. The molecule has 7 rings (SSSR count). The number of rotatable bonds is 5. The van der Waals surface area contributed by atoms with Crippen LogP contribution in [0.2, 0.25) is 5.02 Å². The molecule has 1 N–H and O–H groups in total. The molecule has 2 aromatic carbocycles. The smallest absolute Gasteiger partial charge is 0.286 e. The SMILES string of the molecule is COC1CN(c2nn(C)cc2C(=O)NS2(=O)=NC(=O)c3ccc4c(c3)N(Cc3ccc(Cl)cc3CCCCO4)C[C@@H]3CCC[C@H]3[C@@H](OC)/C=C/C[C@H](C)C2)C1. The molecule has 12 nitrogen and oxygen atoms in total. The average molecular weight is 793 g/mol. The molecule has 1 saturated carbocycles. The number of carbonyl (C=O) groups is 2. The fourth-order valence-corrected chi connectivity index (χ4v) is 10.6. The van der Waals surface area contributed by atoms with Crippen LogP contribution in [0.1, 0.15) is 77.3 Å². The molecular weight excluding hydrogens is 740 g/mol. The first-order chi connectivity index (χ1) is 26.5. The van der Waals surface area contributed by atoms with Gasteiger partial charge in [0.2, 0.25) is 0 Å². The molecule has 5 atom stereocenters. The number of carbonyl (C=O) groups excluding carboxylic acids is 2. The lowest BCUT2D eigenvalue weighted by Gasteiger charge is -2.38. The van der Waals surface area contributed by atoms with Gasteiger partial charge in [-0.2, -0.15) is 5.10 Å². The molecule has 296 valence electrons. The van der Waals surface area contributed by atoms with Crippen molar-refractivity contribution in [1.29, 1.82) is 0 Å². The zero-order chi connectivity index (χ0) is 38.7. The van der Waals surface area contributed by atoms with E-state index in [-0.39, 0.29) is 35.0 Å². The van der Waals surface area contributed by atoms with Gasteiger partial charge < -0.3 is 24.0 Å². The van der Waals surface area contributed by atoms with Crippen LogP contribution < -0.4 is 19.3 Å². The van der Waals surface area contributed by atoms with E-state index in [0.717, 1.165) is 50.8 Å². The van der Waals surface area contributed by atoms with Crippen LogP contribution in [0.4, 0.5) is 11.5 Å². The molecule has 1 aromatic heterocycles. The highest BCUT2D eigenvalue weighted by Crippen LogP contribution is 2.40. The van der Waals surface area contributed by atoms with Crippen molar-refractivity contribution in [2.75, 3.05) is 56.0 Å². The summed E-state index contributed by atoms with van der Waals surface area (Å²) in [6.45, 7) is 4.96. The number of fused-ring (bicyclic) bond motifs is 3. The zero-order valence-corrected chi connectivity index (χ0v) is 33.8. The molecule has 0 radical (unpaired) electrons. The molecule has 2 bridgehead atoms. The summed E-state index contributed by atoms with van der Waals surface area (Å²) < 4.78 is 41.5. The van der Waals surface area contributed by atoms with Gasteiger partial charge in [0.15, 0.2) is 5.82 Å². The van der Waals surface area contributed by atoms with Gasteiger partial charge in [0.05, 0.1) is 30.3 Å². The second-order valence-corrected chi connectivity index (χ2v) is 18.0. The van der Waals surface area contributed by atoms with Gasteiger partial charge in [-0.3, -0.25) is 19.0 Å². The lowest BCUT2D eigenvalue weighted by Crippen LogP contribution is -2.52. The second kappa shape index (κ2) is 17.1. The Morgan fingerprint density at radius 1 is 1.02 bits per heavy atom. The van der Waals surface area contributed by atoms with Crippen molar-refractivity contribution in [3.8, 4) is 5.75 Å². The Hall–Kier alpha value is -3.91. The van der Waals surface area contributed by atoms with Gasteiger partial charge in [0, 0.05) is 64.2 Å². The number of nitrogens with zero attached hydrogens (tertiary/aromatic N) is 5. The van der Waals surface area contributed by atoms with Crippen molar-refractivity contribution >= 4 is 44.8 Å². The molecule has 0 spiro atoms. The van der Waals surface area contributed by atoms with Crippen molar-refractivity contribution in [1.82, 2.24) is 14.5 Å². The van der Waals surface area contributed by atoms with Crippen LogP contribution in [-0.2, 0) is 39.4 Å². The van der Waals surface area contributed by atoms with E-state index < -0.39 is 21.7 Å². The van der Waals surface area contributed by atoms with Crippen LogP contribution in [0, 0.1) is 17.8 Å². The van der Waals surface area contributed by atoms with Crippen LogP contribution in [0.15, 0.2) is 59.1 Å². The Morgan fingerprint density at radius 2 is 1.85 bits per heavy atom. The maximum Gasteiger partial charge on any atom is 0.286 e. The molecule has 14 heteroatoms. The first kappa shape index (κ1) is 39.3. The molecule has 2 amide bonds. The number of methoxy groups -OCH3 is 2. The summed E-state index contributed by atoms with van der Waals surface area (Å²) in [4.78, 5) is 32.5. The lowest BCUT2D eigenvalue weighted by molar-refractivity contribution is 0.0730. The third-order valence-electron chi connectivity index (χ3n) is 11.4. The molecule has 3 aromatic rings. The van der Waals surface area contributed by atoms with E-state index in [1.807, 2.05) is 30.0 Å². The Balaban J connectivity index is 1.30. The number of amides is 2. The number of ether oxygens (including phenoxy) is 3. The third kappa shape index (κ3) is 9.06. The number of aryl methyl sites for hydroxylation is 2. The summed E-state index contributed by atoms with van der Waals surface area (Å²) in [6, 6.07) is 11.4. The zero-order valence-electron chi connectivity index (χ0n) is 32.2. The minimum atomic E-state index is -3.62. The monoisotopic (exact) mass is 792 g/mol. The van der Waals surface area contributed by atoms with E-state index in [1.54, 1.807) is 38.2 Å². The van der Waals surface area contributed by atoms with Gasteiger partial charge in [0.1, 0.15) is 21.2 Å². The largest absolute Gasteiger partial charge is 0.491 e. The summed E-state index contributed by atoms with van der Waals surface area (Å²) in [5.74, 6) is 0.302. The Bertz CT molecular complexity index is 2040. The third-order valence-corrected chi connectivity index (χ3v) is 13.7. The number of nitrogens with one attached hydrogen (secondary N) is 1. The molecule has 4 aliphatic rings. The van der Waals surface area contributed by atoms with Crippen LogP contribution in [-0.4, -0.2) is 84.2 Å². The van der Waals surface area contributed by atoms with E-state index in [1.165, 1.54) is 11.1 Å². The summed E-state index contributed by atoms with van der Waals surface area (Å²) in [5.41, 5.74) is 3.69. The number of aromatic nitrogens is 2. The maximum atomic E-state index is 14.9. The van der Waals surface area contributed by atoms with Crippen molar-refractivity contribution in [2.24, 2.45) is 29.2 Å². The van der Waals surface area contributed by atoms with Gasteiger partial charge in [-0.1, -0.05) is 43.2 Å². The normalized spacial score (nSPS) is 27.1. The van der Waals surface area contributed by atoms with Gasteiger partial charge in [-0.15, -0.1) is 4.36 Å². The highest BCUT2D eigenvalue weighted by molar-refractivity contribution is 7.92. The summed E-state index contributed by atoms with van der Waals surface area (Å²) >= 11 is 6.51. The van der Waals surface area contributed by atoms with Gasteiger partial charge in [-0.05, 0) is 97.7 Å². The molecule has 1 unspecified atom stereocenters. The van der Waals surface area contributed by atoms with Crippen LogP contribution in [0.5, 0.6) is 5.75 Å². The minimum absolute atomic E-state index is 0.0247. The number of anilines is 2. The van der Waals surface area contributed by atoms with Crippen LogP contribution >= 0.6 is 11.6 Å². The fourth-order valence-electron chi connectivity index (χ4n) is 8.48. The molecule has 55 heavy (non-hydrogen) atoms. The summed E-state index contributed by atoms with van der Waals surface area (Å²) in [6.07, 6.45) is 12.2. The van der Waals surface area contributed by atoms with Gasteiger partial charge in [-0.25, -0.2) is 4.21 Å². The van der Waals surface area contributed by atoms with E-state index in [0.29, 0.717) is 61.1 Å². The fraction of sp³-hybridized carbons (Fsp3) is 0.537.